The first kappa shape index (κ1) is 16.0. The van der Waals surface area contributed by atoms with Gasteiger partial charge in [-0.25, -0.2) is 4.79 Å². The molecule has 7 heteroatoms. The highest BCUT2D eigenvalue weighted by molar-refractivity contribution is 5.98. The maximum absolute atomic E-state index is 11.9. The first-order valence-electron chi connectivity index (χ1n) is 6.96. The zero-order valence-electron chi connectivity index (χ0n) is 12.2. The van der Waals surface area contributed by atoms with Gasteiger partial charge in [0.05, 0.1) is 6.54 Å². The smallest absolute Gasteiger partial charge is 0.334 e. The van der Waals surface area contributed by atoms with Gasteiger partial charge in [0, 0.05) is 24.3 Å². The van der Waals surface area contributed by atoms with Gasteiger partial charge in [-0.3, -0.25) is 9.59 Å². The van der Waals surface area contributed by atoms with Crippen LogP contribution < -0.4 is 10.6 Å². The summed E-state index contributed by atoms with van der Waals surface area (Å²) in [5, 5.41) is 14.1. The van der Waals surface area contributed by atoms with Crippen molar-refractivity contribution in [3.63, 3.8) is 0 Å². The molecule has 0 bridgehead atoms. The second-order valence-electron chi connectivity index (χ2n) is 5.10. The summed E-state index contributed by atoms with van der Waals surface area (Å²) in [5.74, 6) is -1.72. The molecule has 1 aromatic rings. The maximum atomic E-state index is 11.9. The lowest BCUT2D eigenvalue weighted by molar-refractivity contribution is -0.148. The predicted molar refractivity (Wildman–Crippen MR) is 77.7 cm³/mol. The van der Waals surface area contributed by atoms with Gasteiger partial charge in [-0.15, -0.1) is 0 Å². The van der Waals surface area contributed by atoms with Crippen LogP contribution >= 0.6 is 0 Å². The molecule has 1 saturated carbocycles. The Labute approximate surface area is 127 Å². The van der Waals surface area contributed by atoms with E-state index in [1.807, 2.05) is 0 Å². The zero-order valence-corrected chi connectivity index (χ0v) is 12.2. The number of methoxy groups -OCH3 is 1. The fourth-order valence-corrected chi connectivity index (χ4v) is 1.83. The van der Waals surface area contributed by atoms with Crippen molar-refractivity contribution in [2.45, 2.75) is 25.0 Å². The van der Waals surface area contributed by atoms with E-state index in [0.717, 1.165) is 12.8 Å². The molecule has 0 saturated heterocycles. The Morgan fingerprint density at radius 3 is 2.18 bits per heavy atom. The van der Waals surface area contributed by atoms with E-state index in [0.29, 0.717) is 11.1 Å². The minimum Gasteiger partial charge on any atom is -0.479 e. The van der Waals surface area contributed by atoms with Gasteiger partial charge in [0.2, 0.25) is 0 Å². The average molecular weight is 306 g/mol. The monoisotopic (exact) mass is 306 g/mol. The number of nitrogens with one attached hydrogen (secondary N) is 2. The van der Waals surface area contributed by atoms with Crippen molar-refractivity contribution in [1.82, 2.24) is 10.6 Å². The van der Waals surface area contributed by atoms with Crippen LogP contribution in [-0.2, 0) is 9.53 Å². The molecule has 2 rings (SSSR count). The molecule has 1 fully saturated rings. The van der Waals surface area contributed by atoms with E-state index in [2.05, 4.69) is 10.6 Å². The van der Waals surface area contributed by atoms with Crippen LogP contribution in [0.5, 0.6) is 0 Å². The van der Waals surface area contributed by atoms with E-state index in [1.165, 1.54) is 19.2 Å². The van der Waals surface area contributed by atoms with E-state index < -0.39 is 18.0 Å². The number of carbonyl (C=O) groups is 3. The number of carboxylic acids is 1. The summed E-state index contributed by atoms with van der Waals surface area (Å²) < 4.78 is 4.72. The van der Waals surface area contributed by atoms with Crippen LogP contribution in [0.4, 0.5) is 0 Å². The SMILES string of the molecule is COC(CNC(=O)c1ccc(C(=O)NC2CC2)cc1)C(=O)O. The second-order valence-corrected chi connectivity index (χ2v) is 5.10. The van der Waals surface area contributed by atoms with Crippen molar-refractivity contribution in [2.24, 2.45) is 0 Å². The quantitative estimate of drug-likeness (QED) is 0.676. The Balaban J connectivity index is 1.90. The first-order valence-corrected chi connectivity index (χ1v) is 6.96. The zero-order chi connectivity index (χ0) is 16.1. The lowest BCUT2D eigenvalue weighted by Crippen LogP contribution is -2.37. The first-order chi connectivity index (χ1) is 10.5. The van der Waals surface area contributed by atoms with E-state index >= 15 is 0 Å². The minimum atomic E-state index is -1.14. The van der Waals surface area contributed by atoms with Gasteiger partial charge in [0.15, 0.2) is 6.10 Å². The largest absolute Gasteiger partial charge is 0.479 e. The Bertz CT molecular complexity index is 566. The summed E-state index contributed by atoms with van der Waals surface area (Å²) in [6.45, 7) is -0.130. The van der Waals surface area contributed by atoms with Gasteiger partial charge in [0.25, 0.3) is 11.8 Å². The van der Waals surface area contributed by atoms with Crippen LogP contribution in [0, 0.1) is 0 Å². The fourth-order valence-electron chi connectivity index (χ4n) is 1.83. The molecule has 1 aliphatic rings. The fraction of sp³-hybridized carbons (Fsp3) is 0.400. The molecule has 7 nitrogen and oxygen atoms in total. The van der Waals surface area contributed by atoms with Gasteiger partial charge in [-0.05, 0) is 37.1 Å². The molecule has 1 aromatic carbocycles. The standard InChI is InChI=1S/C15H18N2O5/c1-22-12(15(20)21)8-16-13(18)9-2-4-10(5-3-9)14(19)17-11-6-7-11/h2-5,11-12H,6-8H2,1H3,(H,16,18)(H,17,19)(H,20,21). The average Bonchev–Trinajstić information content (AvgIpc) is 3.31. The third kappa shape index (κ3) is 4.29. The highest BCUT2D eigenvalue weighted by Gasteiger charge is 2.24. The topological polar surface area (TPSA) is 105 Å². The second kappa shape index (κ2) is 7.04. The van der Waals surface area contributed by atoms with Crippen molar-refractivity contribution in [3.8, 4) is 0 Å². The van der Waals surface area contributed by atoms with E-state index in [9.17, 15) is 14.4 Å². The molecule has 0 aliphatic heterocycles. The Morgan fingerprint density at radius 2 is 1.73 bits per heavy atom. The summed E-state index contributed by atoms with van der Waals surface area (Å²) in [5.41, 5.74) is 0.840. The van der Waals surface area contributed by atoms with E-state index in [1.54, 1.807) is 12.1 Å². The van der Waals surface area contributed by atoms with Crippen molar-refractivity contribution < 1.29 is 24.2 Å². The number of ether oxygens (including phenoxy) is 1. The summed E-state index contributed by atoms with van der Waals surface area (Å²) in [7, 11) is 1.26. The summed E-state index contributed by atoms with van der Waals surface area (Å²) >= 11 is 0. The number of hydrogen-bond donors (Lipinski definition) is 3. The summed E-state index contributed by atoms with van der Waals surface area (Å²) in [6.07, 6.45) is 0.931. The lowest BCUT2D eigenvalue weighted by atomic mass is 10.1. The van der Waals surface area contributed by atoms with Gasteiger partial charge in [-0.1, -0.05) is 0 Å². The Hall–Kier alpha value is -2.41. The number of carboxylic acid groups (broad SMARTS) is 1. The predicted octanol–water partition coefficient (Wildman–Crippen LogP) is 0.408. The van der Waals surface area contributed by atoms with Gasteiger partial charge in [-0.2, -0.15) is 0 Å². The van der Waals surface area contributed by atoms with Crippen LogP contribution in [-0.4, -0.2) is 48.7 Å². The molecule has 3 N–H and O–H groups in total. The van der Waals surface area contributed by atoms with Crippen LogP contribution in [0.1, 0.15) is 33.6 Å². The van der Waals surface area contributed by atoms with E-state index in [-0.39, 0.29) is 18.5 Å². The van der Waals surface area contributed by atoms with Crippen molar-refractivity contribution in [2.75, 3.05) is 13.7 Å². The molecular formula is C15H18N2O5. The number of amides is 2. The third-order valence-corrected chi connectivity index (χ3v) is 3.33. The molecule has 0 radical (unpaired) electrons. The number of aliphatic carboxylic acids is 1. The van der Waals surface area contributed by atoms with Crippen molar-refractivity contribution in [1.29, 1.82) is 0 Å². The van der Waals surface area contributed by atoms with Crippen molar-refractivity contribution >= 4 is 17.8 Å². The van der Waals surface area contributed by atoms with Gasteiger partial charge >= 0.3 is 5.97 Å². The van der Waals surface area contributed by atoms with Crippen LogP contribution in [0.2, 0.25) is 0 Å². The molecule has 1 atom stereocenters. The van der Waals surface area contributed by atoms with Crippen LogP contribution in [0.15, 0.2) is 24.3 Å². The van der Waals surface area contributed by atoms with E-state index in [4.69, 9.17) is 9.84 Å². The van der Waals surface area contributed by atoms with Crippen LogP contribution in [0.25, 0.3) is 0 Å². The normalized spacial score (nSPS) is 15.0. The number of hydrogen-bond acceptors (Lipinski definition) is 4. The molecule has 22 heavy (non-hydrogen) atoms. The van der Waals surface area contributed by atoms with Crippen molar-refractivity contribution in [3.05, 3.63) is 35.4 Å². The molecule has 0 aromatic heterocycles. The van der Waals surface area contributed by atoms with Crippen LogP contribution in [0.3, 0.4) is 0 Å². The molecule has 118 valence electrons. The molecular weight excluding hydrogens is 288 g/mol. The lowest BCUT2D eigenvalue weighted by Gasteiger charge is -2.11. The van der Waals surface area contributed by atoms with Gasteiger partial charge < -0.3 is 20.5 Å². The number of benzene rings is 1. The summed E-state index contributed by atoms with van der Waals surface area (Å²) in [6, 6.07) is 6.46. The Kier molecular flexibility index (Phi) is 5.11. The molecule has 2 amide bonds. The van der Waals surface area contributed by atoms with Gasteiger partial charge in [0.1, 0.15) is 0 Å². The molecule has 0 spiro atoms. The Morgan fingerprint density at radius 1 is 1.18 bits per heavy atom. The maximum Gasteiger partial charge on any atom is 0.334 e. The molecule has 0 heterocycles. The summed E-state index contributed by atoms with van der Waals surface area (Å²) in [4.78, 5) is 34.5. The molecule has 1 unspecified atom stereocenters. The number of rotatable bonds is 7. The highest BCUT2D eigenvalue weighted by atomic mass is 16.5. The number of carbonyl (C=O) groups excluding carboxylic acids is 2. The molecule has 1 aliphatic carbocycles. The minimum absolute atomic E-state index is 0.130. The highest BCUT2D eigenvalue weighted by Crippen LogP contribution is 2.19. The third-order valence-electron chi connectivity index (χ3n) is 3.33.